The smallest absolute Gasteiger partial charge is 0.237 e. The molecule has 0 saturated heterocycles. The number of rotatable bonds is 4. The largest absolute Gasteiger partial charge is 0.480 e. The monoisotopic (exact) mass is 336 g/mol. The quantitative estimate of drug-likeness (QED) is 0.662. The first-order valence-electron chi connectivity index (χ1n) is 6.16. The van der Waals surface area contributed by atoms with Gasteiger partial charge in [-0.2, -0.15) is 0 Å². The molecular formula is C14H17BrN4O. The molecule has 1 aromatic heterocycles. The summed E-state index contributed by atoms with van der Waals surface area (Å²) in [6, 6.07) is 3.86. The molecule has 0 fully saturated rings. The summed E-state index contributed by atoms with van der Waals surface area (Å²) in [6.07, 6.45) is 3.22. The third kappa shape index (κ3) is 2.82. The Bertz CT molecular complexity index is 595. The highest BCUT2D eigenvalue weighted by Crippen LogP contribution is 2.30. The third-order valence-corrected chi connectivity index (χ3v) is 4.37. The van der Waals surface area contributed by atoms with Crippen LogP contribution >= 0.6 is 15.9 Å². The Hall–Kier alpha value is -1.50. The molecule has 3 N–H and O–H groups in total. The summed E-state index contributed by atoms with van der Waals surface area (Å²) in [5, 5.41) is 0. The van der Waals surface area contributed by atoms with E-state index in [1.807, 2.05) is 13.8 Å². The fraction of sp³-hybridized carbons (Fsp3) is 0.286. The van der Waals surface area contributed by atoms with Gasteiger partial charge in [0.25, 0.3) is 0 Å². The van der Waals surface area contributed by atoms with Crippen LogP contribution in [0.5, 0.6) is 5.88 Å². The zero-order valence-electron chi connectivity index (χ0n) is 11.6. The number of benzene rings is 1. The second-order valence-electron chi connectivity index (χ2n) is 4.52. The van der Waals surface area contributed by atoms with E-state index in [0.29, 0.717) is 11.6 Å². The minimum absolute atomic E-state index is 0.274. The van der Waals surface area contributed by atoms with Gasteiger partial charge < -0.3 is 4.74 Å². The van der Waals surface area contributed by atoms with Crippen LogP contribution in [-0.4, -0.2) is 17.1 Å². The van der Waals surface area contributed by atoms with Gasteiger partial charge in [-0.1, -0.05) is 28.1 Å². The molecule has 0 spiro atoms. The lowest BCUT2D eigenvalue weighted by Gasteiger charge is -2.19. The summed E-state index contributed by atoms with van der Waals surface area (Å²) >= 11 is 3.56. The van der Waals surface area contributed by atoms with E-state index < -0.39 is 0 Å². The van der Waals surface area contributed by atoms with Crippen molar-refractivity contribution in [2.24, 2.45) is 5.84 Å². The molecule has 2 aromatic rings. The van der Waals surface area contributed by atoms with Gasteiger partial charge in [0, 0.05) is 16.9 Å². The minimum Gasteiger partial charge on any atom is -0.480 e. The number of nitrogens with two attached hydrogens (primary N) is 1. The summed E-state index contributed by atoms with van der Waals surface area (Å²) < 4.78 is 6.36. The molecule has 1 unspecified atom stereocenters. The van der Waals surface area contributed by atoms with Crippen molar-refractivity contribution in [2.75, 3.05) is 7.11 Å². The topological polar surface area (TPSA) is 73.1 Å². The molecule has 106 valence electrons. The second kappa shape index (κ2) is 6.30. The highest BCUT2D eigenvalue weighted by molar-refractivity contribution is 9.10. The molecule has 0 radical (unpaired) electrons. The van der Waals surface area contributed by atoms with E-state index in [0.717, 1.165) is 21.2 Å². The van der Waals surface area contributed by atoms with Crippen molar-refractivity contribution in [2.45, 2.75) is 19.9 Å². The zero-order chi connectivity index (χ0) is 14.7. The van der Waals surface area contributed by atoms with Crippen LogP contribution in [0, 0.1) is 13.8 Å². The first-order chi connectivity index (χ1) is 9.58. The summed E-state index contributed by atoms with van der Waals surface area (Å²) in [5.41, 5.74) is 6.75. The Balaban J connectivity index is 2.52. The molecule has 0 aliphatic heterocycles. The Labute approximate surface area is 126 Å². The van der Waals surface area contributed by atoms with Gasteiger partial charge in [0.15, 0.2) is 0 Å². The van der Waals surface area contributed by atoms with E-state index in [4.69, 9.17) is 10.6 Å². The van der Waals surface area contributed by atoms with E-state index in [1.165, 1.54) is 0 Å². The number of aromatic nitrogens is 2. The highest BCUT2D eigenvalue weighted by Gasteiger charge is 2.20. The summed E-state index contributed by atoms with van der Waals surface area (Å²) in [6.45, 7) is 4.09. The fourth-order valence-corrected chi connectivity index (χ4v) is 2.40. The second-order valence-corrected chi connectivity index (χ2v) is 5.31. The normalized spacial score (nSPS) is 12.2. The van der Waals surface area contributed by atoms with Gasteiger partial charge in [-0.3, -0.25) is 10.8 Å². The minimum atomic E-state index is -0.274. The van der Waals surface area contributed by atoms with Crippen molar-refractivity contribution in [3.63, 3.8) is 0 Å². The van der Waals surface area contributed by atoms with E-state index in [2.05, 4.69) is 43.5 Å². The SMILES string of the molecule is COc1nccnc1C(NN)c1cc(C)c(Br)c(C)c1. The summed E-state index contributed by atoms with van der Waals surface area (Å²) in [4.78, 5) is 8.50. The molecule has 5 nitrogen and oxygen atoms in total. The van der Waals surface area contributed by atoms with Crippen LogP contribution in [0.2, 0.25) is 0 Å². The van der Waals surface area contributed by atoms with Crippen LogP contribution in [0.1, 0.15) is 28.4 Å². The Kier molecular flexibility index (Phi) is 4.69. The molecule has 0 bridgehead atoms. The number of aryl methyl sites for hydroxylation is 2. The van der Waals surface area contributed by atoms with Crippen molar-refractivity contribution in [3.05, 3.63) is 51.4 Å². The lowest BCUT2D eigenvalue weighted by Crippen LogP contribution is -2.30. The zero-order valence-corrected chi connectivity index (χ0v) is 13.2. The fourth-order valence-electron chi connectivity index (χ4n) is 2.17. The van der Waals surface area contributed by atoms with Gasteiger partial charge >= 0.3 is 0 Å². The number of methoxy groups -OCH3 is 1. The van der Waals surface area contributed by atoms with Gasteiger partial charge in [-0.05, 0) is 30.5 Å². The number of nitrogens with zero attached hydrogens (tertiary/aromatic N) is 2. The van der Waals surface area contributed by atoms with E-state index in [9.17, 15) is 0 Å². The number of hydrogen-bond acceptors (Lipinski definition) is 5. The average molecular weight is 337 g/mol. The standard InChI is InChI=1S/C14H17BrN4O/c1-8-6-10(7-9(2)11(8)15)12(19-16)13-14(20-3)18-5-4-17-13/h4-7,12,19H,16H2,1-3H3. The number of hydrogen-bond donors (Lipinski definition) is 2. The number of ether oxygens (including phenoxy) is 1. The number of nitrogens with one attached hydrogen (secondary N) is 1. The average Bonchev–Trinajstić information content (AvgIpc) is 2.46. The Morgan fingerprint density at radius 1 is 1.20 bits per heavy atom. The lowest BCUT2D eigenvalue weighted by molar-refractivity contribution is 0.383. The van der Waals surface area contributed by atoms with Gasteiger partial charge in [0.1, 0.15) is 5.69 Å². The molecule has 1 atom stereocenters. The number of hydrazine groups is 1. The predicted octanol–water partition coefficient (Wildman–Crippen LogP) is 2.42. The predicted molar refractivity (Wildman–Crippen MR) is 81.4 cm³/mol. The van der Waals surface area contributed by atoms with Gasteiger partial charge in [-0.15, -0.1) is 0 Å². The number of halogens is 1. The highest BCUT2D eigenvalue weighted by atomic mass is 79.9. The molecular weight excluding hydrogens is 320 g/mol. The Morgan fingerprint density at radius 2 is 1.80 bits per heavy atom. The van der Waals surface area contributed by atoms with Crippen molar-refractivity contribution in [3.8, 4) is 5.88 Å². The molecule has 2 rings (SSSR count). The molecule has 0 amide bonds. The van der Waals surface area contributed by atoms with Crippen molar-refractivity contribution in [1.29, 1.82) is 0 Å². The lowest BCUT2D eigenvalue weighted by atomic mass is 9.99. The molecule has 0 saturated carbocycles. The first-order valence-corrected chi connectivity index (χ1v) is 6.95. The maximum absolute atomic E-state index is 5.71. The van der Waals surface area contributed by atoms with Crippen LogP contribution in [0.15, 0.2) is 29.0 Å². The van der Waals surface area contributed by atoms with Crippen molar-refractivity contribution >= 4 is 15.9 Å². The van der Waals surface area contributed by atoms with Crippen molar-refractivity contribution in [1.82, 2.24) is 15.4 Å². The maximum atomic E-state index is 5.71. The summed E-state index contributed by atoms with van der Waals surface area (Å²) in [7, 11) is 1.57. The third-order valence-electron chi connectivity index (χ3n) is 3.12. The van der Waals surface area contributed by atoms with Crippen LogP contribution in [-0.2, 0) is 0 Å². The summed E-state index contributed by atoms with van der Waals surface area (Å²) in [5.74, 6) is 6.18. The van der Waals surface area contributed by atoms with Gasteiger partial charge in [0.05, 0.1) is 13.2 Å². The first kappa shape index (κ1) is 14.9. The van der Waals surface area contributed by atoms with Crippen LogP contribution in [0.3, 0.4) is 0 Å². The van der Waals surface area contributed by atoms with Crippen molar-refractivity contribution < 1.29 is 4.74 Å². The molecule has 1 heterocycles. The maximum Gasteiger partial charge on any atom is 0.237 e. The molecule has 0 aliphatic carbocycles. The van der Waals surface area contributed by atoms with E-state index in [-0.39, 0.29) is 6.04 Å². The molecule has 1 aromatic carbocycles. The molecule has 20 heavy (non-hydrogen) atoms. The van der Waals surface area contributed by atoms with Gasteiger partial charge in [0.2, 0.25) is 5.88 Å². The van der Waals surface area contributed by atoms with Crippen LogP contribution < -0.4 is 16.0 Å². The van der Waals surface area contributed by atoms with E-state index in [1.54, 1.807) is 19.5 Å². The molecule has 6 heteroatoms. The Morgan fingerprint density at radius 3 is 2.35 bits per heavy atom. The van der Waals surface area contributed by atoms with Gasteiger partial charge in [-0.25, -0.2) is 10.4 Å². The molecule has 0 aliphatic rings. The van der Waals surface area contributed by atoms with Crippen LogP contribution in [0.25, 0.3) is 0 Å². The van der Waals surface area contributed by atoms with Crippen LogP contribution in [0.4, 0.5) is 0 Å². The van der Waals surface area contributed by atoms with E-state index >= 15 is 0 Å².